The van der Waals surface area contributed by atoms with Crippen molar-refractivity contribution in [3.8, 4) is 22.8 Å². The Morgan fingerprint density at radius 2 is 1.79 bits per heavy atom. The molecule has 0 amide bonds. The number of benzene rings is 1. The molecular formula is C18H16Cl2N5O3-. The fourth-order valence-corrected chi connectivity index (χ4v) is 3.53. The van der Waals surface area contributed by atoms with Crippen LogP contribution in [0, 0.1) is 0 Å². The lowest BCUT2D eigenvalue weighted by Gasteiger charge is -2.34. The van der Waals surface area contributed by atoms with Crippen LogP contribution in [0.3, 0.4) is 0 Å². The molecule has 8 nitrogen and oxygen atoms in total. The molecule has 0 aliphatic carbocycles. The van der Waals surface area contributed by atoms with Crippen molar-refractivity contribution >= 4 is 45.9 Å². The maximum absolute atomic E-state index is 6.54. The van der Waals surface area contributed by atoms with E-state index < -0.39 is 0 Å². The number of rotatable bonds is 5. The number of halogens is 2. The molecule has 1 fully saturated rings. The van der Waals surface area contributed by atoms with Gasteiger partial charge in [0.05, 0.1) is 43.0 Å². The van der Waals surface area contributed by atoms with Crippen LogP contribution in [0.25, 0.3) is 27.5 Å². The molecule has 146 valence electrons. The van der Waals surface area contributed by atoms with Crippen LogP contribution in [-0.2, 0) is 4.74 Å². The summed E-state index contributed by atoms with van der Waals surface area (Å²) in [4.78, 5) is 13.0. The highest BCUT2D eigenvalue weighted by Gasteiger charge is 2.20. The van der Waals surface area contributed by atoms with E-state index >= 15 is 0 Å². The summed E-state index contributed by atoms with van der Waals surface area (Å²) in [7, 11) is 3.03. The van der Waals surface area contributed by atoms with E-state index in [1.54, 1.807) is 18.3 Å². The van der Waals surface area contributed by atoms with Crippen LogP contribution in [0.1, 0.15) is 0 Å². The molecule has 4 rings (SSSR count). The number of ether oxygens (including phenoxy) is 3. The van der Waals surface area contributed by atoms with Gasteiger partial charge in [-0.05, 0) is 17.6 Å². The molecule has 1 aromatic carbocycles. The van der Waals surface area contributed by atoms with Crippen molar-refractivity contribution in [3.63, 3.8) is 0 Å². The van der Waals surface area contributed by atoms with Gasteiger partial charge in [-0.15, -0.1) is 0 Å². The topological polar surface area (TPSA) is 106 Å². The lowest BCUT2D eigenvalue weighted by molar-refractivity contribution is 0.0259. The van der Waals surface area contributed by atoms with Crippen molar-refractivity contribution in [2.75, 3.05) is 33.2 Å². The molecule has 0 bridgehead atoms. The normalized spacial score (nSPS) is 14.0. The second-order valence-corrected chi connectivity index (χ2v) is 6.86. The summed E-state index contributed by atoms with van der Waals surface area (Å²) in [6.45, 7) is 1.06. The third-order valence-corrected chi connectivity index (χ3v) is 5.07. The van der Waals surface area contributed by atoms with Crippen molar-refractivity contribution < 1.29 is 14.2 Å². The summed E-state index contributed by atoms with van der Waals surface area (Å²) < 4.78 is 15.9. The summed E-state index contributed by atoms with van der Waals surface area (Å²) in [6.07, 6.45) is 1.61. The molecule has 1 aliphatic heterocycles. The maximum atomic E-state index is 6.54. The van der Waals surface area contributed by atoms with Gasteiger partial charge in [0.1, 0.15) is 11.5 Å². The van der Waals surface area contributed by atoms with Gasteiger partial charge in [-0.3, -0.25) is 0 Å². The first-order valence-electron chi connectivity index (χ1n) is 8.34. The molecule has 3 aromatic rings. The Balaban J connectivity index is 1.95. The largest absolute Gasteiger partial charge is 0.495 e. The molecule has 1 saturated heterocycles. The van der Waals surface area contributed by atoms with Gasteiger partial charge >= 0.3 is 0 Å². The van der Waals surface area contributed by atoms with Crippen molar-refractivity contribution in [1.29, 1.82) is 0 Å². The molecule has 28 heavy (non-hydrogen) atoms. The number of hydrogen-bond donors (Lipinski definition) is 1. The number of anilines is 1. The number of nitrogens with zero attached hydrogens (tertiary/aromatic N) is 4. The Labute approximate surface area is 170 Å². The van der Waals surface area contributed by atoms with Gasteiger partial charge in [-0.2, -0.15) is 0 Å². The minimum absolute atomic E-state index is 0.00734. The number of nitrogen functional groups attached to an aromatic ring is 1. The van der Waals surface area contributed by atoms with Gasteiger partial charge in [0.25, 0.3) is 0 Å². The van der Waals surface area contributed by atoms with Crippen LogP contribution in [0.5, 0.6) is 11.5 Å². The molecule has 0 saturated carbocycles. The van der Waals surface area contributed by atoms with E-state index in [9.17, 15) is 0 Å². The van der Waals surface area contributed by atoms with Crippen molar-refractivity contribution in [3.05, 3.63) is 33.7 Å². The Bertz CT molecular complexity index is 1030. The van der Waals surface area contributed by atoms with Crippen LogP contribution in [0.4, 0.5) is 11.8 Å². The zero-order valence-corrected chi connectivity index (χ0v) is 16.6. The molecular weight excluding hydrogens is 405 g/mol. The van der Waals surface area contributed by atoms with E-state index in [2.05, 4.69) is 20.3 Å². The van der Waals surface area contributed by atoms with E-state index in [0.717, 1.165) is 0 Å². The molecule has 3 heterocycles. The minimum Gasteiger partial charge on any atom is -0.495 e. The summed E-state index contributed by atoms with van der Waals surface area (Å²) in [5.74, 6) is 1.39. The number of aromatic nitrogens is 3. The van der Waals surface area contributed by atoms with E-state index in [4.69, 9.17) is 43.1 Å². The lowest BCUT2D eigenvalue weighted by Crippen LogP contribution is -2.32. The number of hydrogen-bond acceptors (Lipinski definition) is 7. The molecule has 0 atom stereocenters. The van der Waals surface area contributed by atoms with Gasteiger partial charge in [-0.1, -0.05) is 23.2 Å². The Morgan fingerprint density at radius 1 is 1.11 bits per heavy atom. The first-order valence-corrected chi connectivity index (χ1v) is 9.09. The zero-order chi connectivity index (χ0) is 19.8. The number of fused-ring (bicyclic) bond motifs is 1. The third kappa shape index (κ3) is 3.23. The molecule has 0 unspecified atom stereocenters. The first kappa shape index (κ1) is 18.8. The van der Waals surface area contributed by atoms with E-state index in [0.29, 0.717) is 62.7 Å². The first-order chi connectivity index (χ1) is 13.5. The zero-order valence-electron chi connectivity index (χ0n) is 15.1. The number of pyridine rings is 1. The van der Waals surface area contributed by atoms with E-state index in [1.165, 1.54) is 14.2 Å². The highest BCUT2D eigenvalue weighted by atomic mass is 35.5. The minimum atomic E-state index is 0.00734. The number of methoxy groups -OCH3 is 2. The summed E-state index contributed by atoms with van der Waals surface area (Å²) in [6, 6.07) is 3.40. The summed E-state index contributed by atoms with van der Waals surface area (Å²) in [5.41, 5.74) is 7.26. The predicted molar refractivity (Wildman–Crippen MR) is 108 cm³/mol. The fourth-order valence-electron chi connectivity index (χ4n) is 2.84. The Hall–Kier alpha value is -2.55. The van der Waals surface area contributed by atoms with Crippen molar-refractivity contribution in [2.45, 2.75) is 6.04 Å². The maximum Gasteiger partial charge on any atom is 0.220 e. The second-order valence-electron chi connectivity index (χ2n) is 6.10. The van der Waals surface area contributed by atoms with Crippen LogP contribution >= 0.6 is 23.2 Å². The lowest BCUT2D eigenvalue weighted by atomic mass is 10.1. The van der Waals surface area contributed by atoms with Gasteiger partial charge in [0.15, 0.2) is 0 Å². The second kappa shape index (κ2) is 7.46. The third-order valence-electron chi connectivity index (χ3n) is 4.32. The van der Waals surface area contributed by atoms with Crippen molar-refractivity contribution in [2.24, 2.45) is 0 Å². The average molecular weight is 421 g/mol. The quantitative estimate of drug-likeness (QED) is 0.664. The predicted octanol–water partition coefficient (Wildman–Crippen LogP) is 4.00. The monoisotopic (exact) mass is 420 g/mol. The van der Waals surface area contributed by atoms with Gasteiger partial charge in [-0.25, -0.2) is 9.97 Å². The molecule has 2 N–H and O–H groups in total. The molecule has 0 spiro atoms. The highest BCUT2D eigenvalue weighted by Crippen LogP contribution is 2.46. The molecule has 1 aliphatic rings. The SMILES string of the molecule is COc1cc(OC)c(Cl)c(-c2cc3cnc(N)nc3c([N-]C3COC3)n2)c1Cl. The fraction of sp³-hybridized carbons (Fsp3) is 0.278. The van der Waals surface area contributed by atoms with Gasteiger partial charge in [0.2, 0.25) is 5.95 Å². The van der Waals surface area contributed by atoms with Crippen LogP contribution < -0.4 is 15.2 Å². The van der Waals surface area contributed by atoms with Gasteiger partial charge in [0, 0.05) is 29.3 Å². The van der Waals surface area contributed by atoms with Crippen LogP contribution in [-0.4, -0.2) is 48.4 Å². The molecule has 0 radical (unpaired) electrons. The smallest absolute Gasteiger partial charge is 0.220 e. The van der Waals surface area contributed by atoms with Crippen LogP contribution in [0.15, 0.2) is 18.3 Å². The van der Waals surface area contributed by atoms with Crippen LogP contribution in [0.2, 0.25) is 10.0 Å². The Kier molecular flexibility index (Phi) is 5.01. The summed E-state index contributed by atoms with van der Waals surface area (Å²) >= 11 is 13.1. The van der Waals surface area contributed by atoms with Crippen molar-refractivity contribution in [1.82, 2.24) is 15.0 Å². The summed E-state index contributed by atoms with van der Waals surface area (Å²) in [5, 5.41) is 5.96. The van der Waals surface area contributed by atoms with E-state index in [1.807, 2.05) is 0 Å². The molecule has 10 heteroatoms. The Morgan fingerprint density at radius 3 is 2.36 bits per heavy atom. The molecule has 2 aromatic heterocycles. The average Bonchev–Trinajstić information content (AvgIpc) is 2.65. The standard InChI is InChI=1S/C18H16Cl2N5O3/c1-26-11-4-12(27-2)15(20)13(14(11)19)10-3-8-5-22-18(21)25-16(8)17(24-10)23-9-6-28-7-9/h3-5,9H,6-7H2,1-2H3,(H2-,21,22,23,24,25)/q-1. The number of nitrogens with two attached hydrogens (primary N) is 1. The van der Waals surface area contributed by atoms with E-state index in [-0.39, 0.29) is 12.0 Å². The highest BCUT2D eigenvalue weighted by molar-refractivity contribution is 6.41. The van der Waals surface area contributed by atoms with Gasteiger partial charge < -0.3 is 30.2 Å².